The summed E-state index contributed by atoms with van der Waals surface area (Å²) in [6.07, 6.45) is 6.31. The van der Waals surface area contributed by atoms with Crippen molar-refractivity contribution in [3.63, 3.8) is 0 Å². The van der Waals surface area contributed by atoms with E-state index in [1.807, 2.05) is 24.3 Å². The zero-order valence-electron chi connectivity index (χ0n) is 12.3. The van der Waals surface area contributed by atoms with Gasteiger partial charge in [-0.15, -0.1) is 0 Å². The van der Waals surface area contributed by atoms with Crippen LogP contribution in [-0.2, 0) is 10.2 Å². The first-order chi connectivity index (χ1) is 10.1. The van der Waals surface area contributed by atoms with Crippen LogP contribution in [0.1, 0.15) is 50.5 Å². The van der Waals surface area contributed by atoms with Gasteiger partial charge in [0.1, 0.15) is 0 Å². The molecular formula is C17H24N2O2. The van der Waals surface area contributed by atoms with Gasteiger partial charge in [-0.05, 0) is 43.4 Å². The van der Waals surface area contributed by atoms with Gasteiger partial charge in [-0.1, -0.05) is 31.4 Å². The summed E-state index contributed by atoms with van der Waals surface area (Å²) in [5.74, 6) is 0.0678. The largest absolute Gasteiger partial charge is 0.399 e. The van der Waals surface area contributed by atoms with Gasteiger partial charge in [-0.3, -0.25) is 4.79 Å². The summed E-state index contributed by atoms with van der Waals surface area (Å²) in [7, 11) is 0. The lowest BCUT2D eigenvalue weighted by molar-refractivity contribution is -0.125. The van der Waals surface area contributed by atoms with E-state index >= 15 is 0 Å². The van der Waals surface area contributed by atoms with E-state index in [-0.39, 0.29) is 17.4 Å². The normalized spacial score (nSPS) is 27.7. The van der Waals surface area contributed by atoms with Gasteiger partial charge in [-0.25, -0.2) is 0 Å². The highest BCUT2D eigenvalue weighted by Gasteiger charge is 2.51. The van der Waals surface area contributed by atoms with Crippen molar-refractivity contribution in [2.75, 3.05) is 5.73 Å². The van der Waals surface area contributed by atoms with E-state index in [1.54, 1.807) is 0 Å². The first-order valence-electron chi connectivity index (χ1n) is 7.97. The molecule has 3 rings (SSSR count). The van der Waals surface area contributed by atoms with Crippen LogP contribution in [0.2, 0.25) is 0 Å². The second-order valence-corrected chi connectivity index (χ2v) is 6.49. The Balaban J connectivity index is 1.71. The van der Waals surface area contributed by atoms with Crippen LogP contribution in [-0.4, -0.2) is 23.2 Å². The maximum Gasteiger partial charge on any atom is 0.230 e. The zero-order chi connectivity index (χ0) is 14.9. The summed E-state index contributed by atoms with van der Waals surface area (Å²) in [6, 6.07) is 7.51. The number of benzene rings is 1. The van der Waals surface area contributed by atoms with Crippen LogP contribution in [0.25, 0.3) is 0 Å². The summed E-state index contributed by atoms with van der Waals surface area (Å²) >= 11 is 0. The number of hydrogen-bond acceptors (Lipinski definition) is 3. The Hall–Kier alpha value is -1.55. The third-order valence-corrected chi connectivity index (χ3v) is 4.94. The molecule has 1 aromatic rings. The third kappa shape index (κ3) is 2.91. The minimum atomic E-state index is -0.404. The molecule has 21 heavy (non-hydrogen) atoms. The highest BCUT2D eigenvalue weighted by molar-refractivity contribution is 5.91. The Morgan fingerprint density at radius 1 is 1.14 bits per heavy atom. The molecule has 0 spiro atoms. The topological polar surface area (TPSA) is 75.4 Å². The number of nitrogens with one attached hydrogen (secondary N) is 1. The number of aliphatic hydroxyl groups is 1. The minimum Gasteiger partial charge on any atom is -0.399 e. The smallest absolute Gasteiger partial charge is 0.230 e. The number of hydrogen-bond donors (Lipinski definition) is 3. The predicted molar refractivity (Wildman–Crippen MR) is 82.8 cm³/mol. The second-order valence-electron chi connectivity index (χ2n) is 6.49. The maximum atomic E-state index is 12.7. The van der Waals surface area contributed by atoms with Crippen molar-refractivity contribution in [1.29, 1.82) is 0 Å². The number of carbonyl (C=O) groups is 1. The van der Waals surface area contributed by atoms with Crippen molar-refractivity contribution in [2.45, 2.75) is 62.5 Å². The average Bonchev–Trinajstić information content (AvgIpc) is 3.28. The molecule has 0 aromatic heterocycles. The molecule has 114 valence electrons. The van der Waals surface area contributed by atoms with Crippen LogP contribution in [0.15, 0.2) is 24.3 Å². The molecule has 0 bridgehead atoms. The Morgan fingerprint density at radius 2 is 1.81 bits per heavy atom. The van der Waals surface area contributed by atoms with Crippen LogP contribution in [0.4, 0.5) is 5.69 Å². The van der Waals surface area contributed by atoms with Crippen molar-refractivity contribution in [3.8, 4) is 0 Å². The van der Waals surface area contributed by atoms with E-state index in [0.29, 0.717) is 5.69 Å². The van der Waals surface area contributed by atoms with Gasteiger partial charge in [0.05, 0.1) is 17.6 Å². The number of rotatable bonds is 3. The molecule has 0 heterocycles. The van der Waals surface area contributed by atoms with Crippen LogP contribution >= 0.6 is 0 Å². The van der Waals surface area contributed by atoms with Crippen molar-refractivity contribution >= 4 is 11.6 Å². The molecule has 2 atom stereocenters. The van der Waals surface area contributed by atoms with Gasteiger partial charge in [0.15, 0.2) is 0 Å². The number of nitrogens with two attached hydrogens (primary N) is 1. The zero-order valence-corrected chi connectivity index (χ0v) is 12.3. The van der Waals surface area contributed by atoms with Gasteiger partial charge >= 0.3 is 0 Å². The van der Waals surface area contributed by atoms with E-state index in [0.717, 1.165) is 50.5 Å². The molecule has 2 aliphatic carbocycles. The molecule has 2 saturated carbocycles. The summed E-state index contributed by atoms with van der Waals surface area (Å²) in [6.45, 7) is 0. The SMILES string of the molecule is Nc1ccc(C2(C(=O)NC3CCCCCC3O)CC2)cc1. The van der Waals surface area contributed by atoms with Crippen LogP contribution in [0.3, 0.4) is 0 Å². The fraction of sp³-hybridized carbons (Fsp3) is 0.588. The summed E-state index contributed by atoms with van der Waals surface area (Å²) in [5.41, 5.74) is 7.08. The molecule has 2 unspecified atom stereocenters. The van der Waals surface area contributed by atoms with Crippen LogP contribution < -0.4 is 11.1 Å². The van der Waals surface area contributed by atoms with Gasteiger partial charge in [0.2, 0.25) is 5.91 Å². The quantitative estimate of drug-likeness (QED) is 0.589. The molecule has 1 amide bonds. The minimum absolute atomic E-state index is 0.0678. The Kier molecular flexibility index (Phi) is 3.89. The lowest BCUT2D eigenvalue weighted by Gasteiger charge is -2.25. The highest BCUT2D eigenvalue weighted by Crippen LogP contribution is 2.48. The van der Waals surface area contributed by atoms with E-state index in [1.165, 1.54) is 0 Å². The molecule has 0 aliphatic heterocycles. The van der Waals surface area contributed by atoms with Crippen molar-refractivity contribution in [1.82, 2.24) is 5.32 Å². The van der Waals surface area contributed by atoms with Crippen molar-refractivity contribution < 1.29 is 9.90 Å². The summed E-state index contributed by atoms with van der Waals surface area (Å²) in [4.78, 5) is 12.7. The Labute approximate surface area is 125 Å². The number of carbonyl (C=O) groups excluding carboxylic acids is 1. The molecule has 0 saturated heterocycles. The number of aliphatic hydroxyl groups excluding tert-OH is 1. The lowest BCUT2D eigenvalue weighted by atomic mass is 9.93. The van der Waals surface area contributed by atoms with Gasteiger partial charge in [0.25, 0.3) is 0 Å². The van der Waals surface area contributed by atoms with Crippen molar-refractivity contribution in [3.05, 3.63) is 29.8 Å². The van der Waals surface area contributed by atoms with E-state index in [4.69, 9.17) is 5.73 Å². The van der Waals surface area contributed by atoms with E-state index in [2.05, 4.69) is 5.32 Å². The molecule has 1 aromatic carbocycles. The molecular weight excluding hydrogens is 264 g/mol. The van der Waals surface area contributed by atoms with E-state index < -0.39 is 6.10 Å². The van der Waals surface area contributed by atoms with Gasteiger partial charge in [0, 0.05) is 5.69 Å². The van der Waals surface area contributed by atoms with Gasteiger partial charge < -0.3 is 16.2 Å². The molecule has 4 nitrogen and oxygen atoms in total. The summed E-state index contributed by atoms with van der Waals surface area (Å²) in [5, 5.41) is 13.3. The third-order valence-electron chi connectivity index (χ3n) is 4.94. The monoisotopic (exact) mass is 288 g/mol. The average molecular weight is 288 g/mol. The molecule has 2 aliphatic rings. The number of amides is 1. The first-order valence-corrected chi connectivity index (χ1v) is 7.97. The highest BCUT2D eigenvalue weighted by atomic mass is 16.3. The maximum absolute atomic E-state index is 12.7. The standard InChI is InChI=1S/C17H24N2O2/c18-13-8-6-12(7-9-13)17(10-11-17)16(21)19-14-4-2-1-3-5-15(14)20/h6-9,14-15,20H,1-5,10-11,18H2,(H,19,21). The summed E-state index contributed by atoms with van der Waals surface area (Å²) < 4.78 is 0. The molecule has 2 fully saturated rings. The lowest BCUT2D eigenvalue weighted by Crippen LogP contribution is -2.46. The van der Waals surface area contributed by atoms with Crippen molar-refractivity contribution in [2.24, 2.45) is 0 Å². The number of anilines is 1. The fourth-order valence-corrected chi connectivity index (χ4v) is 3.34. The molecule has 4 N–H and O–H groups in total. The number of nitrogen functional groups attached to an aromatic ring is 1. The first kappa shape index (κ1) is 14.4. The predicted octanol–water partition coefficient (Wildman–Crippen LogP) is 2.11. The van der Waals surface area contributed by atoms with E-state index in [9.17, 15) is 9.90 Å². The molecule has 0 radical (unpaired) electrons. The second kappa shape index (κ2) is 5.68. The Morgan fingerprint density at radius 3 is 2.48 bits per heavy atom. The van der Waals surface area contributed by atoms with Crippen LogP contribution in [0, 0.1) is 0 Å². The molecule has 4 heteroatoms. The van der Waals surface area contributed by atoms with Gasteiger partial charge in [-0.2, -0.15) is 0 Å². The van der Waals surface area contributed by atoms with Crippen LogP contribution in [0.5, 0.6) is 0 Å². The fourth-order valence-electron chi connectivity index (χ4n) is 3.34. The Bertz CT molecular complexity index is 508.